The number of hydrogen-bond donors (Lipinski definition) is 3. The lowest BCUT2D eigenvalue weighted by Gasteiger charge is -2.42. The molecule has 0 bridgehead atoms. The van der Waals surface area contributed by atoms with Crippen molar-refractivity contribution in [2.75, 3.05) is 61.5 Å². The second-order valence-corrected chi connectivity index (χ2v) is 15.7. The lowest BCUT2D eigenvalue weighted by atomic mass is 9.95. The number of likely N-dealkylation sites (N-methyl/N-ethyl adjacent to an activating group) is 5. The van der Waals surface area contributed by atoms with E-state index in [1.807, 2.05) is 60.4 Å². The number of hydrazine groups is 1. The molecule has 0 radical (unpaired) electrons. The molecule has 1 aliphatic heterocycles. The third-order valence-corrected chi connectivity index (χ3v) is 9.68. The number of ether oxygens (including phenoxy) is 1. The van der Waals surface area contributed by atoms with Gasteiger partial charge in [0, 0.05) is 41.3 Å². The van der Waals surface area contributed by atoms with Gasteiger partial charge in [-0.15, -0.1) is 0 Å². The van der Waals surface area contributed by atoms with Crippen LogP contribution in [0.15, 0.2) is 0 Å². The molecule has 15 heteroatoms. The number of carbonyl (C=O) groups excluding carboxylic acids is 6. The highest BCUT2D eigenvalue weighted by Gasteiger charge is 2.42. The maximum atomic E-state index is 14.3. The topological polar surface area (TPSA) is 164 Å². The first-order valence-electron chi connectivity index (χ1n) is 18.8. The molecule has 6 atom stereocenters. The lowest BCUT2D eigenvalue weighted by molar-refractivity contribution is -0.164. The average Bonchev–Trinajstić information content (AvgIpc) is 3.07. The fraction of sp³-hybridized carbons (Fsp3) is 0.838. The third kappa shape index (κ3) is 13.0. The number of amides is 6. The van der Waals surface area contributed by atoms with Gasteiger partial charge in [-0.05, 0) is 57.4 Å². The molecule has 0 spiro atoms. The van der Waals surface area contributed by atoms with Crippen molar-refractivity contribution in [1.29, 1.82) is 0 Å². The van der Waals surface area contributed by atoms with Crippen LogP contribution in [0.4, 0.5) is 0 Å². The van der Waals surface area contributed by atoms with E-state index in [-0.39, 0.29) is 41.4 Å². The van der Waals surface area contributed by atoms with Gasteiger partial charge in [-0.1, -0.05) is 55.4 Å². The summed E-state index contributed by atoms with van der Waals surface area (Å²) in [6, 6.07) is -5.01. The summed E-state index contributed by atoms with van der Waals surface area (Å²) in [6.07, 6.45) is 0.936. The second kappa shape index (κ2) is 21.4. The Hall–Kier alpha value is -3.30. The number of hydrogen-bond acceptors (Lipinski definition) is 9. The highest BCUT2D eigenvalue weighted by molar-refractivity contribution is 5.96. The van der Waals surface area contributed by atoms with E-state index in [0.717, 1.165) is 0 Å². The third-order valence-electron chi connectivity index (χ3n) is 9.68. The quantitative estimate of drug-likeness (QED) is 0.177. The average molecular weight is 739 g/mol. The van der Waals surface area contributed by atoms with Crippen molar-refractivity contribution in [1.82, 2.24) is 40.7 Å². The summed E-state index contributed by atoms with van der Waals surface area (Å²) in [4.78, 5) is 86.1. The van der Waals surface area contributed by atoms with E-state index in [2.05, 4.69) is 16.0 Å². The summed E-state index contributed by atoms with van der Waals surface area (Å²) in [5.74, 6) is -2.63. The summed E-state index contributed by atoms with van der Waals surface area (Å²) in [5.41, 5.74) is 0. The van der Waals surface area contributed by atoms with E-state index < -0.39 is 54.0 Å². The van der Waals surface area contributed by atoms with Gasteiger partial charge in [0.1, 0.15) is 30.2 Å². The number of nitrogens with one attached hydrogen (secondary N) is 3. The van der Waals surface area contributed by atoms with Crippen LogP contribution in [0, 0.1) is 23.7 Å². The van der Waals surface area contributed by atoms with E-state index in [1.54, 1.807) is 40.1 Å². The molecular weight excluding hydrogens is 668 g/mol. The van der Waals surface area contributed by atoms with Gasteiger partial charge in [0.2, 0.25) is 29.5 Å². The van der Waals surface area contributed by atoms with Crippen molar-refractivity contribution in [2.45, 2.75) is 118 Å². The minimum atomic E-state index is -1.01. The molecule has 1 heterocycles. The molecule has 1 fully saturated rings. The minimum Gasteiger partial charge on any atom is -0.379 e. The van der Waals surface area contributed by atoms with Gasteiger partial charge < -0.3 is 35.4 Å². The predicted octanol–water partition coefficient (Wildman–Crippen LogP) is 1.17. The van der Waals surface area contributed by atoms with Crippen molar-refractivity contribution in [3.8, 4) is 0 Å². The Balaban J connectivity index is 3.21. The Bertz CT molecular complexity index is 1210. The molecule has 1 aliphatic rings. The molecule has 52 heavy (non-hydrogen) atoms. The van der Waals surface area contributed by atoms with Crippen LogP contribution >= 0.6 is 0 Å². The Morgan fingerprint density at radius 2 is 1.06 bits per heavy atom. The smallest absolute Gasteiger partial charge is 0.259 e. The van der Waals surface area contributed by atoms with Crippen LogP contribution in [0.1, 0.15) is 82.1 Å². The van der Waals surface area contributed by atoms with Crippen LogP contribution in [0.2, 0.25) is 0 Å². The number of rotatable bonds is 19. The van der Waals surface area contributed by atoms with Gasteiger partial charge in [-0.25, -0.2) is 5.01 Å². The maximum absolute atomic E-state index is 14.3. The Morgan fingerprint density at radius 1 is 0.596 bits per heavy atom. The zero-order valence-electron chi connectivity index (χ0n) is 34.6. The SMILES string of the molecule is CN[C@@H](CC(C)C)C(=O)N[C@@H](C)C(=O)N[C@@H](C)C(=O)N(C)[C@@H](C(=O)N(C)[C@H](CC(C)C)C(=O)N(C)[C@H](C(=O)N(C)N1CCOCC1)C(C)C)C(C)C. The Labute approximate surface area is 312 Å². The Kier molecular flexibility index (Phi) is 19.2. The van der Waals surface area contributed by atoms with Gasteiger partial charge in [0.05, 0.1) is 19.3 Å². The van der Waals surface area contributed by atoms with Gasteiger partial charge in [0.25, 0.3) is 5.91 Å². The monoisotopic (exact) mass is 739 g/mol. The van der Waals surface area contributed by atoms with E-state index in [9.17, 15) is 28.8 Å². The van der Waals surface area contributed by atoms with Crippen LogP contribution < -0.4 is 16.0 Å². The molecule has 300 valence electrons. The first-order chi connectivity index (χ1) is 24.1. The molecule has 0 aliphatic carbocycles. The van der Waals surface area contributed by atoms with E-state index in [4.69, 9.17) is 4.74 Å². The van der Waals surface area contributed by atoms with Gasteiger partial charge in [-0.2, -0.15) is 0 Å². The van der Waals surface area contributed by atoms with Crippen LogP contribution in [-0.2, 0) is 33.5 Å². The second-order valence-electron chi connectivity index (χ2n) is 15.7. The first-order valence-corrected chi connectivity index (χ1v) is 18.8. The van der Waals surface area contributed by atoms with E-state index in [1.165, 1.54) is 28.7 Å². The minimum absolute atomic E-state index is 0.0326. The molecule has 6 amide bonds. The van der Waals surface area contributed by atoms with Crippen LogP contribution in [0.5, 0.6) is 0 Å². The van der Waals surface area contributed by atoms with Crippen molar-refractivity contribution < 1.29 is 33.5 Å². The zero-order valence-corrected chi connectivity index (χ0v) is 34.6. The van der Waals surface area contributed by atoms with E-state index in [0.29, 0.717) is 39.1 Å². The molecular formula is C37H70N8O7. The molecule has 1 saturated heterocycles. The van der Waals surface area contributed by atoms with Crippen LogP contribution in [0.25, 0.3) is 0 Å². The normalized spacial score (nSPS) is 17.2. The molecule has 0 saturated carbocycles. The fourth-order valence-electron chi connectivity index (χ4n) is 6.64. The highest BCUT2D eigenvalue weighted by atomic mass is 16.5. The highest BCUT2D eigenvalue weighted by Crippen LogP contribution is 2.22. The van der Waals surface area contributed by atoms with Crippen molar-refractivity contribution in [3.05, 3.63) is 0 Å². The van der Waals surface area contributed by atoms with Crippen molar-refractivity contribution >= 4 is 35.4 Å². The van der Waals surface area contributed by atoms with Gasteiger partial charge in [0.15, 0.2) is 0 Å². The summed E-state index contributed by atoms with van der Waals surface area (Å²) < 4.78 is 5.44. The maximum Gasteiger partial charge on any atom is 0.259 e. The first kappa shape index (κ1) is 46.7. The summed E-state index contributed by atoms with van der Waals surface area (Å²) >= 11 is 0. The zero-order chi connectivity index (χ0) is 40.2. The van der Waals surface area contributed by atoms with Crippen LogP contribution in [-0.4, -0.2) is 158 Å². The molecule has 0 unspecified atom stereocenters. The number of nitrogens with zero attached hydrogens (tertiary/aromatic N) is 5. The summed E-state index contributed by atoms with van der Waals surface area (Å²) in [7, 11) is 8.07. The lowest BCUT2D eigenvalue weighted by Crippen LogP contribution is -2.62. The largest absolute Gasteiger partial charge is 0.379 e. The summed E-state index contributed by atoms with van der Waals surface area (Å²) in [5, 5.41) is 11.8. The predicted molar refractivity (Wildman–Crippen MR) is 201 cm³/mol. The van der Waals surface area contributed by atoms with E-state index >= 15 is 0 Å². The fourth-order valence-corrected chi connectivity index (χ4v) is 6.64. The van der Waals surface area contributed by atoms with Crippen LogP contribution in [0.3, 0.4) is 0 Å². The molecule has 0 aromatic rings. The Morgan fingerprint density at radius 3 is 1.52 bits per heavy atom. The van der Waals surface area contributed by atoms with Gasteiger partial charge in [-0.3, -0.25) is 33.8 Å². The summed E-state index contributed by atoms with van der Waals surface area (Å²) in [6.45, 7) is 20.6. The number of carbonyl (C=O) groups is 6. The number of morpholine rings is 1. The van der Waals surface area contributed by atoms with Crippen molar-refractivity contribution in [3.63, 3.8) is 0 Å². The molecule has 15 nitrogen and oxygen atoms in total. The molecule has 0 aromatic carbocycles. The molecule has 1 rings (SSSR count). The molecule has 0 aromatic heterocycles. The van der Waals surface area contributed by atoms with Gasteiger partial charge >= 0.3 is 0 Å². The van der Waals surface area contributed by atoms with Crippen molar-refractivity contribution in [2.24, 2.45) is 23.7 Å². The molecule has 3 N–H and O–H groups in total. The standard InChI is InChI=1S/C37H70N8O7/c1-22(2)20-28(38-11)33(47)39-26(9)32(46)40-27(10)34(48)42(13)30(24(5)6)36(50)41(12)29(21-23(3)4)35(49)43(14)31(25(7)8)37(51)44(15)45-16-18-52-19-17-45/h22-31,38H,16-21H2,1-15H3,(H,39,47)(H,40,46)/t26-,27-,28-,29+,30+,31-/m0/s1.